The van der Waals surface area contributed by atoms with Crippen LogP contribution < -0.4 is 9.47 Å². The summed E-state index contributed by atoms with van der Waals surface area (Å²) in [6, 6.07) is 15.3. The van der Waals surface area contributed by atoms with Gasteiger partial charge in [-0.2, -0.15) is 5.10 Å². The highest BCUT2D eigenvalue weighted by molar-refractivity contribution is 5.95. The number of carbonyl (C=O) groups excluding carboxylic acids is 1. The number of benzene rings is 2. The van der Waals surface area contributed by atoms with E-state index in [0.717, 1.165) is 11.1 Å². The summed E-state index contributed by atoms with van der Waals surface area (Å²) in [6.07, 6.45) is 3.70. The molecule has 3 rings (SSSR count). The molecule has 1 amide bonds. The van der Waals surface area contributed by atoms with E-state index in [0.29, 0.717) is 30.2 Å². The number of carbonyl (C=O) groups is 1. The minimum absolute atomic E-state index is 0.0442. The standard InChI is InChI=1S/C23H27N3O3/c1-17(2)26(15-19-13-24-25(3)14-19)23(27)20-10-11-21(22(12-20)28-4)29-16-18-8-6-5-7-9-18/h5-14,17H,15-16H2,1-4H3. The van der Waals surface area contributed by atoms with E-state index in [9.17, 15) is 4.79 Å². The number of aromatic nitrogens is 2. The fourth-order valence-electron chi connectivity index (χ4n) is 3.06. The first-order chi connectivity index (χ1) is 14.0. The molecule has 0 aliphatic carbocycles. The molecular formula is C23H27N3O3. The molecule has 6 heteroatoms. The fraction of sp³-hybridized carbons (Fsp3) is 0.304. The third-order valence-electron chi connectivity index (χ3n) is 4.64. The van der Waals surface area contributed by atoms with Gasteiger partial charge in [-0.3, -0.25) is 9.48 Å². The molecule has 0 saturated heterocycles. The predicted octanol–water partition coefficient (Wildman–Crippen LogP) is 4.06. The summed E-state index contributed by atoms with van der Waals surface area (Å²) in [4.78, 5) is 15.0. The highest BCUT2D eigenvalue weighted by atomic mass is 16.5. The van der Waals surface area contributed by atoms with Crippen molar-refractivity contribution in [2.24, 2.45) is 7.05 Å². The average molecular weight is 393 g/mol. The van der Waals surface area contributed by atoms with Crippen molar-refractivity contribution >= 4 is 5.91 Å². The largest absolute Gasteiger partial charge is 0.493 e. The lowest BCUT2D eigenvalue weighted by Gasteiger charge is -2.26. The Balaban J connectivity index is 1.76. The Kier molecular flexibility index (Phi) is 6.54. The van der Waals surface area contributed by atoms with Crippen LogP contribution in [0.25, 0.3) is 0 Å². The van der Waals surface area contributed by atoms with E-state index in [-0.39, 0.29) is 11.9 Å². The van der Waals surface area contributed by atoms with Gasteiger partial charge in [0.1, 0.15) is 6.61 Å². The molecule has 1 aromatic heterocycles. The Hall–Kier alpha value is -3.28. The van der Waals surface area contributed by atoms with E-state index in [2.05, 4.69) is 5.10 Å². The minimum atomic E-state index is -0.0586. The van der Waals surface area contributed by atoms with E-state index in [4.69, 9.17) is 9.47 Å². The lowest BCUT2D eigenvalue weighted by molar-refractivity contribution is 0.0690. The van der Waals surface area contributed by atoms with Gasteiger partial charge in [-0.15, -0.1) is 0 Å². The van der Waals surface area contributed by atoms with Crippen LogP contribution in [0.1, 0.15) is 35.3 Å². The second-order valence-corrected chi connectivity index (χ2v) is 7.19. The second-order valence-electron chi connectivity index (χ2n) is 7.19. The molecule has 0 bridgehead atoms. The van der Waals surface area contributed by atoms with Crippen LogP contribution in [0.4, 0.5) is 0 Å². The molecule has 0 atom stereocenters. The van der Waals surface area contributed by atoms with Gasteiger partial charge in [0.25, 0.3) is 5.91 Å². The van der Waals surface area contributed by atoms with Crippen molar-refractivity contribution in [1.29, 1.82) is 0 Å². The Morgan fingerprint density at radius 3 is 2.48 bits per heavy atom. The van der Waals surface area contributed by atoms with E-state index >= 15 is 0 Å². The summed E-state index contributed by atoms with van der Waals surface area (Å²) in [7, 11) is 3.44. The molecule has 0 aliphatic rings. The molecule has 0 fully saturated rings. The summed E-state index contributed by atoms with van der Waals surface area (Å²) in [5.74, 6) is 1.09. The van der Waals surface area contributed by atoms with Crippen LogP contribution in [-0.4, -0.2) is 33.7 Å². The van der Waals surface area contributed by atoms with Gasteiger partial charge in [0.15, 0.2) is 11.5 Å². The van der Waals surface area contributed by atoms with Crippen molar-refractivity contribution in [3.8, 4) is 11.5 Å². The second kappa shape index (κ2) is 9.28. The number of hydrogen-bond acceptors (Lipinski definition) is 4. The number of methoxy groups -OCH3 is 1. The molecule has 0 aliphatic heterocycles. The molecule has 2 aromatic carbocycles. The third-order valence-corrected chi connectivity index (χ3v) is 4.64. The molecule has 0 radical (unpaired) electrons. The van der Waals surface area contributed by atoms with Crippen LogP contribution in [0.5, 0.6) is 11.5 Å². The van der Waals surface area contributed by atoms with Crippen LogP contribution in [0.2, 0.25) is 0 Å². The summed E-state index contributed by atoms with van der Waals surface area (Å²) in [5, 5.41) is 4.19. The predicted molar refractivity (Wildman–Crippen MR) is 112 cm³/mol. The van der Waals surface area contributed by atoms with Crippen LogP contribution >= 0.6 is 0 Å². The molecule has 0 saturated carbocycles. The number of aryl methyl sites for hydroxylation is 1. The topological polar surface area (TPSA) is 56.6 Å². The van der Waals surface area contributed by atoms with E-state index in [1.54, 1.807) is 36.2 Å². The average Bonchev–Trinajstić information content (AvgIpc) is 3.15. The Bertz CT molecular complexity index is 951. The number of nitrogens with zero attached hydrogens (tertiary/aromatic N) is 3. The van der Waals surface area contributed by atoms with Gasteiger partial charge in [-0.1, -0.05) is 30.3 Å². The minimum Gasteiger partial charge on any atom is -0.493 e. The van der Waals surface area contributed by atoms with E-state index in [1.165, 1.54) is 0 Å². The Morgan fingerprint density at radius 2 is 1.86 bits per heavy atom. The van der Waals surface area contributed by atoms with Crippen molar-refractivity contribution in [2.45, 2.75) is 33.0 Å². The van der Waals surface area contributed by atoms with Crippen molar-refractivity contribution in [1.82, 2.24) is 14.7 Å². The summed E-state index contributed by atoms with van der Waals surface area (Å²) in [5.41, 5.74) is 2.62. The quantitative estimate of drug-likeness (QED) is 0.579. The van der Waals surface area contributed by atoms with Crippen molar-refractivity contribution in [3.05, 3.63) is 77.6 Å². The molecule has 0 unspecified atom stereocenters. The Morgan fingerprint density at radius 1 is 1.10 bits per heavy atom. The van der Waals surface area contributed by atoms with Gasteiger partial charge in [0, 0.05) is 37.0 Å². The number of hydrogen-bond donors (Lipinski definition) is 0. The number of ether oxygens (including phenoxy) is 2. The zero-order chi connectivity index (χ0) is 20.8. The van der Waals surface area contributed by atoms with Gasteiger partial charge in [-0.05, 0) is 37.6 Å². The molecule has 3 aromatic rings. The van der Waals surface area contributed by atoms with Crippen LogP contribution in [0.15, 0.2) is 60.9 Å². The Labute approximate surface area is 171 Å². The zero-order valence-corrected chi connectivity index (χ0v) is 17.3. The normalized spacial score (nSPS) is 10.8. The third kappa shape index (κ3) is 5.16. The zero-order valence-electron chi connectivity index (χ0n) is 17.3. The highest BCUT2D eigenvalue weighted by Crippen LogP contribution is 2.29. The summed E-state index contributed by atoms with van der Waals surface area (Å²) < 4.78 is 13.1. The van der Waals surface area contributed by atoms with Gasteiger partial charge < -0.3 is 14.4 Å². The van der Waals surface area contributed by atoms with Crippen molar-refractivity contribution < 1.29 is 14.3 Å². The van der Waals surface area contributed by atoms with Crippen LogP contribution in [0.3, 0.4) is 0 Å². The molecule has 1 heterocycles. The number of rotatable bonds is 8. The summed E-state index contributed by atoms with van der Waals surface area (Å²) >= 11 is 0. The van der Waals surface area contributed by atoms with Gasteiger partial charge in [0.2, 0.25) is 0 Å². The molecule has 152 valence electrons. The molecule has 0 spiro atoms. The molecule has 29 heavy (non-hydrogen) atoms. The van der Waals surface area contributed by atoms with Crippen molar-refractivity contribution in [3.63, 3.8) is 0 Å². The van der Waals surface area contributed by atoms with Crippen LogP contribution in [-0.2, 0) is 20.2 Å². The SMILES string of the molecule is COc1cc(C(=O)N(Cc2cnn(C)c2)C(C)C)ccc1OCc1ccccc1. The lowest BCUT2D eigenvalue weighted by Crippen LogP contribution is -2.36. The maximum atomic E-state index is 13.2. The lowest BCUT2D eigenvalue weighted by atomic mass is 10.1. The first kappa shape index (κ1) is 20.5. The van der Waals surface area contributed by atoms with Gasteiger partial charge >= 0.3 is 0 Å². The fourth-order valence-corrected chi connectivity index (χ4v) is 3.06. The van der Waals surface area contributed by atoms with Crippen LogP contribution in [0, 0.1) is 0 Å². The smallest absolute Gasteiger partial charge is 0.254 e. The maximum absolute atomic E-state index is 13.2. The summed E-state index contributed by atoms with van der Waals surface area (Å²) in [6.45, 7) is 4.94. The molecule has 0 N–H and O–H groups in total. The number of amides is 1. The molecular weight excluding hydrogens is 366 g/mol. The van der Waals surface area contributed by atoms with Gasteiger partial charge in [-0.25, -0.2) is 0 Å². The van der Waals surface area contributed by atoms with Gasteiger partial charge in [0.05, 0.1) is 13.3 Å². The maximum Gasteiger partial charge on any atom is 0.254 e. The first-order valence-electron chi connectivity index (χ1n) is 9.61. The van der Waals surface area contributed by atoms with E-state index < -0.39 is 0 Å². The first-order valence-corrected chi connectivity index (χ1v) is 9.61. The molecule has 6 nitrogen and oxygen atoms in total. The van der Waals surface area contributed by atoms with E-state index in [1.807, 2.05) is 62.3 Å². The van der Waals surface area contributed by atoms with Crippen molar-refractivity contribution in [2.75, 3.05) is 7.11 Å². The highest BCUT2D eigenvalue weighted by Gasteiger charge is 2.21. The monoisotopic (exact) mass is 393 g/mol.